The molecule has 4 nitrogen and oxygen atoms in total. The van der Waals surface area contributed by atoms with Crippen molar-refractivity contribution in [2.45, 2.75) is 13.8 Å². The average Bonchev–Trinajstić information content (AvgIpc) is 2.64. The fraction of sp³-hybridized carbons (Fsp3) is 0.308. The summed E-state index contributed by atoms with van der Waals surface area (Å²) in [6.45, 7) is 4.09. The van der Waals surface area contributed by atoms with Crippen molar-refractivity contribution in [3.8, 4) is 17.0 Å². The van der Waals surface area contributed by atoms with Gasteiger partial charge in [-0.25, -0.2) is 0 Å². The van der Waals surface area contributed by atoms with Crippen LogP contribution in [-0.2, 0) is 7.05 Å². The highest BCUT2D eigenvalue weighted by Gasteiger charge is 2.16. The lowest BCUT2D eigenvalue weighted by atomic mass is 9.99. The SMILES string of the molecule is COc1cc(C)c(-c2cc(N)n(C)n2)c(C)c1Br. The van der Waals surface area contributed by atoms with E-state index in [1.54, 1.807) is 11.8 Å². The number of benzene rings is 1. The number of aromatic nitrogens is 2. The Labute approximate surface area is 115 Å². The predicted octanol–water partition coefficient (Wildman–Crippen LogP) is 3.06. The van der Waals surface area contributed by atoms with E-state index in [-0.39, 0.29) is 0 Å². The molecule has 18 heavy (non-hydrogen) atoms. The molecule has 0 amide bonds. The quantitative estimate of drug-likeness (QED) is 0.927. The highest BCUT2D eigenvalue weighted by Crippen LogP contribution is 2.38. The molecule has 5 heteroatoms. The van der Waals surface area contributed by atoms with E-state index in [1.165, 1.54) is 0 Å². The van der Waals surface area contributed by atoms with E-state index in [9.17, 15) is 0 Å². The van der Waals surface area contributed by atoms with Gasteiger partial charge in [-0.05, 0) is 47.0 Å². The molecule has 1 aromatic carbocycles. The molecule has 0 saturated carbocycles. The van der Waals surface area contributed by atoms with Crippen molar-refractivity contribution in [3.63, 3.8) is 0 Å². The van der Waals surface area contributed by atoms with Gasteiger partial charge < -0.3 is 10.5 Å². The molecule has 0 unspecified atom stereocenters. The molecule has 0 fully saturated rings. The van der Waals surface area contributed by atoms with Crippen LogP contribution in [0.5, 0.6) is 5.75 Å². The van der Waals surface area contributed by atoms with Gasteiger partial charge in [0.2, 0.25) is 0 Å². The number of nitrogen functional groups attached to an aromatic ring is 1. The maximum Gasteiger partial charge on any atom is 0.133 e. The number of halogens is 1. The Balaban J connectivity index is 2.68. The molecule has 0 aliphatic heterocycles. The van der Waals surface area contributed by atoms with Crippen molar-refractivity contribution >= 4 is 21.7 Å². The van der Waals surface area contributed by atoms with Crippen LogP contribution in [0.3, 0.4) is 0 Å². The second-order valence-electron chi connectivity index (χ2n) is 4.29. The minimum atomic E-state index is 0.649. The standard InChI is InChI=1S/C13H16BrN3O/c1-7-5-10(18-4)13(14)8(2)12(7)9-6-11(15)17(3)16-9/h5-6H,15H2,1-4H3. The molecule has 2 N–H and O–H groups in total. The first-order valence-electron chi connectivity index (χ1n) is 5.59. The Hall–Kier alpha value is -1.49. The van der Waals surface area contributed by atoms with Crippen LogP contribution >= 0.6 is 15.9 Å². The van der Waals surface area contributed by atoms with Gasteiger partial charge in [-0.15, -0.1) is 0 Å². The Morgan fingerprint density at radius 2 is 2.00 bits per heavy atom. The third-order valence-electron chi connectivity index (χ3n) is 3.05. The van der Waals surface area contributed by atoms with Gasteiger partial charge in [0.15, 0.2) is 0 Å². The molecule has 1 heterocycles. The summed E-state index contributed by atoms with van der Waals surface area (Å²) in [4.78, 5) is 0. The summed E-state index contributed by atoms with van der Waals surface area (Å²) < 4.78 is 7.96. The fourth-order valence-corrected chi connectivity index (χ4v) is 2.54. The molecule has 0 aliphatic rings. The predicted molar refractivity (Wildman–Crippen MR) is 76.8 cm³/mol. The van der Waals surface area contributed by atoms with Crippen molar-refractivity contribution in [2.24, 2.45) is 7.05 Å². The molecule has 0 spiro atoms. The van der Waals surface area contributed by atoms with Crippen molar-refractivity contribution in [1.29, 1.82) is 0 Å². The number of rotatable bonds is 2. The number of hydrogen-bond acceptors (Lipinski definition) is 3. The first-order chi connectivity index (χ1) is 8.45. The molecule has 0 bridgehead atoms. The highest BCUT2D eigenvalue weighted by atomic mass is 79.9. The summed E-state index contributed by atoms with van der Waals surface area (Å²) in [5.74, 6) is 1.48. The number of nitrogens with two attached hydrogens (primary N) is 1. The van der Waals surface area contributed by atoms with Gasteiger partial charge in [0, 0.05) is 18.7 Å². The Morgan fingerprint density at radius 3 is 2.50 bits per heavy atom. The zero-order chi connectivity index (χ0) is 13.4. The minimum absolute atomic E-state index is 0.649. The van der Waals surface area contributed by atoms with Gasteiger partial charge in [-0.2, -0.15) is 5.10 Å². The van der Waals surface area contributed by atoms with Crippen LogP contribution < -0.4 is 10.5 Å². The van der Waals surface area contributed by atoms with Gasteiger partial charge in [0.05, 0.1) is 17.3 Å². The van der Waals surface area contributed by atoms with Crippen molar-refractivity contribution in [2.75, 3.05) is 12.8 Å². The van der Waals surface area contributed by atoms with E-state index in [0.29, 0.717) is 5.82 Å². The molecule has 2 rings (SSSR count). The molecule has 2 aromatic rings. The maximum atomic E-state index is 5.84. The van der Waals surface area contributed by atoms with E-state index in [4.69, 9.17) is 10.5 Å². The first kappa shape index (κ1) is 13.0. The zero-order valence-electron chi connectivity index (χ0n) is 10.9. The molecule has 0 saturated heterocycles. The molecular formula is C13H16BrN3O. The first-order valence-corrected chi connectivity index (χ1v) is 6.38. The third kappa shape index (κ3) is 1.99. The van der Waals surface area contributed by atoms with Crippen LogP contribution in [0.15, 0.2) is 16.6 Å². The van der Waals surface area contributed by atoms with Crippen LogP contribution in [0.2, 0.25) is 0 Å². The lowest BCUT2D eigenvalue weighted by Gasteiger charge is -2.13. The van der Waals surface area contributed by atoms with Gasteiger partial charge in [-0.3, -0.25) is 4.68 Å². The van der Waals surface area contributed by atoms with Gasteiger partial charge in [0.1, 0.15) is 11.6 Å². The van der Waals surface area contributed by atoms with Crippen LogP contribution in [0.25, 0.3) is 11.3 Å². The number of methoxy groups -OCH3 is 1. The van der Waals surface area contributed by atoms with Gasteiger partial charge in [0.25, 0.3) is 0 Å². The molecule has 96 valence electrons. The molecule has 1 aromatic heterocycles. The van der Waals surface area contributed by atoms with Crippen molar-refractivity contribution in [1.82, 2.24) is 9.78 Å². The Morgan fingerprint density at radius 1 is 1.33 bits per heavy atom. The highest BCUT2D eigenvalue weighted by molar-refractivity contribution is 9.10. The number of nitrogens with zero attached hydrogens (tertiary/aromatic N) is 2. The van der Waals surface area contributed by atoms with E-state index in [0.717, 1.165) is 32.6 Å². The lowest BCUT2D eigenvalue weighted by Crippen LogP contribution is -1.97. The summed E-state index contributed by atoms with van der Waals surface area (Å²) in [7, 11) is 3.50. The largest absolute Gasteiger partial charge is 0.496 e. The normalized spacial score (nSPS) is 10.7. The monoisotopic (exact) mass is 309 g/mol. The second kappa shape index (κ2) is 4.65. The summed E-state index contributed by atoms with van der Waals surface area (Å²) in [5, 5.41) is 4.43. The van der Waals surface area contributed by atoms with E-state index >= 15 is 0 Å². The van der Waals surface area contributed by atoms with Gasteiger partial charge in [-0.1, -0.05) is 0 Å². The average molecular weight is 310 g/mol. The van der Waals surface area contributed by atoms with Crippen molar-refractivity contribution < 1.29 is 4.74 Å². The number of anilines is 1. The summed E-state index contributed by atoms with van der Waals surface area (Å²) >= 11 is 3.56. The van der Waals surface area contributed by atoms with Crippen LogP contribution in [0.4, 0.5) is 5.82 Å². The molecule has 0 aliphatic carbocycles. The van der Waals surface area contributed by atoms with Crippen molar-refractivity contribution in [3.05, 3.63) is 27.7 Å². The molecule has 0 atom stereocenters. The van der Waals surface area contributed by atoms with E-state index < -0.39 is 0 Å². The second-order valence-corrected chi connectivity index (χ2v) is 5.08. The Kier molecular flexibility index (Phi) is 3.34. The van der Waals surface area contributed by atoms with Crippen LogP contribution in [0, 0.1) is 13.8 Å². The number of ether oxygens (including phenoxy) is 1. The van der Waals surface area contributed by atoms with Crippen LogP contribution in [0.1, 0.15) is 11.1 Å². The summed E-state index contributed by atoms with van der Waals surface area (Å²) in [6.07, 6.45) is 0. The number of hydrogen-bond donors (Lipinski definition) is 1. The third-order valence-corrected chi connectivity index (χ3v) is 4.04. The summed E-state index contributed by atoms with van der Waals surface area (Å²) in [5.41, 5.74) is 10.0. The molecular weight excluding hydrogens is 294 g/mol. The number of aryl methyl sites for hydroxylation is 2. The topological polar surface area (TPSA) is 53.1 Å². The lowest BCUT2D eigenvalue weighted by molar-refractivity contribution is 0.411. The van der Waals surface area contributed by atoms with E-state index in [1.807, 2.05) is 33.0 Å². The smallest absolute Gasteiger partial charge is 0.133 e. The fourth-order valence-electron chi connectivity index (χ4n) is 2.07. The van der Waals surface area contributed by atoms with Gasteiger partial charge >= 0.3 is 0 Å². The zero-order valence-corrected chi connectivity index (χ0v) is 12.5. The van der Waals surface area contributed by atoms with Crippen LogP contribution in [-0.4, -0.2) is 16.9 Å². The summed E-state index contributed by atoms with van der Waals surface area (Å²) in [6, 6.07) is 3.88. The molecule has 0 radical (unpaired) electrons. The van der Waals surface area contributed by atoms with E-state index in [2.05, 4.69) is 21.0 Å². The minimum Gasteiger partial charge on any atom is -0.496 e. The Bertz CT molecular complexity index is 585. The maximum absolute atomic E-state index is 5.84.